The molecule has 2 atom stereocenters. The van der Waals surface area contributed by atoms with Gasteiger partial charge in [-0.25, -0.2) is 0 Å². The third kappa shape index (κ3) is 5.06. The van der Waals surface area contributed by atoms with Gasteiger partial charge in [-0.3, -0.25) is 4.79 Å². The number of esters is 1. The molecule has 1 heterocycles. The van der Waals surface area contributed by atoms with E-state index >= 15 is 0 Å². The number of nitrogens with zero attached hydrogens (tertiary/aromatic N) is 3. The normalized spacial score (nSPS) is 24.9. The van der Waals surface area contributed by atoms with E-state index in [-0.39, 0.29) is 24.3 Å². The van der Waals surface area contributed by atoms with Crippen LogP contribution in [0, 0.1) is 5.92 Å². The van der Waals surface area contributed by atoms with Crippen LogP contribution in [0.1, 0.15) is 33.6 Å². The minimum Gasteiger partial charge on any atom is -0.460 e. The van der Waals surface area contributed by atoms with Crippen molar-refractivity contribution in [1.29, 1.82) is 0 Å². The molecule has 0 aliphatic carbocycles. The fourth-order valence-electron chi connectivity index (χ4n) is 1.80. The van der Waals surface area contributed by atoms with Gasteiger partial charge in [-0.05, 0) is 32.7 Å². The summed E-state index contributed by atoms with van der Waals surface area (Å²) in [7, 11) is 0. The van der Waals surface area contributed by atoms with Crippen molar-refractivity contribution in [3.8, 4) is 0 Å². The molecule has 17 heavy (non-hydrogen) atoms. The summed E-state index contributed by atoms with van der Waals surface area (Å²) in [6.45, 7) is 6.50. The molecule has 96 valence electrons. The van der Waals surface area contributed by atoms with E-state index < -0.39 is 5.60 Å². The topological polar surface area (TPSA) is 84.3 Å². The van der Waals surface area contributed by atoms with E-state index in [1.165, 1.54) is 0 Å². The molecule has 0 unspecified atom stereocenters. The first-order valence-electron chi connectivity index (χ1n) is 5.76. The fourth-order valence-corrected chi connectivity index (χ4v) is 1.80. The Morgan fingerprint density at radius 1 is 1.59 bits per heavy atom. The lowest BCUT2D eigenvalue weighted by Gasteiger charge is -2.28. The largest absolute Gasteiger partial charge is 0.460 e. The zero-order valence-electron chi connectivity index (χ0n) is 10.5. The lowest BCUT2D eigenvalue weighted by Crippen LogP contribution is -2.34. The first kappa shape index (κ1) is 13.8. The standard InChI is InChI=1S/C11H19N3O3/c1-11(2,3)17-10(15)6-8-7-16-5-4-9(8)13-14-12/h8-9H,4-7H2,1-3H3/t8-,9+/m0/s1. The highest BCUT2D eigenvalue weighted by molar-refractivity contribution is 5.70. The van der Waals surface area contributed by atoms with E-state index in [2.05, 4.69) is 10.0 Å². The number of carbonyl (C=O) groups is 1. The molecule has 1 aliphatic heterocycles. The molecule has 0 aromatic rings. The molecule has 0 spiro atoms. The second-order valence-electron chi connectivity index (χ2n) is 5.19. The van der Waals surface area contributed by atoms with Gasteiger partial charge >= 0.3 is 5.97 Å². The molecule has 0 aromatic carbocycles. The van der Waals surface area contributed by atoms with Gasteiger partial charge in [0.2, 0.25) is 0 Å². The predicted molar refractivity (Wildman–Crippen MR) is 62.3 cm³/mol. The van der Waals surface area contributed by atoms with Crippen LogP contribution in [0.4, 0.5) is 0 Å². The van der Waals surface area contributed by atoms with Gasteiger partial charge in [-0.15, -0.1) is 0 Å². The van der Waals surface area contributed by atoms with Crippen LogP contribution in [0.2, 0.25) is 0 Å². The van der Waals surface area contributed by atoms with Crippen LogP contribution >= 0.6 is 0 Å². The summed E-state index contributed by atoms with van der Waals surface area (Å²) in [4.78, 5) is 14.5. The quantitative estimate of drug-likeness (QED) is 0.329. The Balaban J connectivity index is 2.53. The van der Waals surface area contributed by atoms with Crippen molar-refractivity contribution < 1.29 is 14.3 Å². The van der Waals surface area contributed by atoms with Crippen LogP contribution in [0.5, 0.6) is 0 Å². The van der Waals surface area contributed by atoms with E-state index in [1.54, 1.807) is 0 Å². The minimum atomic E-state index is -0.486. The summed E-state index contributed by atoms with van der Waals surface area (Å²) in [5.41, 5.74) is 7.97. The van der Waals surface area contributed by atoms with Crippen LogP contribution < -0.4 is 0 Å². The molecule has 0 bridgehead atoms. The number of ether oxygens (including phenoxy) is 2. The van der Waals surface area contributed by atoms with Gasteiger partial charge < -0.3 is 9.47 Å². The van der Waals surface area contributed by atoms with E-state index in [1.807, 2.05) is 20.8 Å². The predicted octanol–water partition coefficient (Wildman–Crippen LogP) is 2.43. The van der Waals surface area contributed by atoms with Crippen LogP contribution in [0.25, 0.3) is 10.4 Å². The highest BCUT2D eigenvalue weighted by atomic mass is 16.6. The Kier molecular flexibility index (Phi) is 4.78. The Morgan fingerprint density at radius 2 is 2.29 bits per heavy atom. The second-order valence-corrected chi connectivity index (χ2v) is 5.19. The van der Waals surface area contributed by atoms with Crippen LogP contribution in [0.3, 0.4) is 0 Å². The van der Waals surface area contributed by atoms with Crippen molar-refractivity contribution in [3.05, 3.63) is 10.4 Å². The molecule has 0 aromatic heterocycles. The lowest BCUT2D eigenvalue weighted by atomic mass is 9.93. The van der Waals surface area contributed by atoms with Gasteiger partial charge in [0.1, 0.15) is 5.60 Å². The highest BCUT2D eigenvalue weighted by Gasteiger charge is 2.29. The lowest BCUT2D eigenvalue weighted by molar-refractivity contribution is -0.157. The zero-order chi connectivity index (χ0) is 12.9. The molecule has 0 radical (unpaired) electrons. The van der Waals surface area contributed by atoms with Crippen LogP contribution in [-0.2, 0) is 14.3 Å². The van der Waals surface area contributed by atoms with Gasteiger partial charge in [-0.1, -0.05) is 5.11 Å². The first-order chi connectivity index (χ1) is 7.92. The molecule has 1 rings (SSSR count). The third-order valence-corrected chi connectivity index (χ3v) is 2.48. The summed E-state index contributed by atoms with van der Waals surface area (Å²) in [6.07, 6.45) is 0.901. The summed E-state index contributed by atoms with van der Waals surface area (Å²) >= 11 is 0. The number of carbonyl (C=O) groups excluding carboxylic acids is 1. The number of rotatable bonds is 3. The Labute approximate surface area is 101 Å². The molecular formula is C11H19N3O3. The summed E-state index contributed by atoms with van der Waals surface area (Å²) in [6, 6.07) is -0.165. The zero-order valence-corrected chi connectivity index (χ0v) is 10.5. The molecular weight excluding hydrogens is 222 g/mol. The minimum absolute atomic E-state index is 0.0745. The number of hydrogen-bond acceptors (Lipinski definition) is 4. The number of hydrogen-bond donors (Lipinski definition) is 0. The van der Waals surface area contributed by atoms with Gasteiger partial charge in [-0.2, -0.15) is 0 Å². The molecule has 0 amide bonds. The molecule has 6 heteroatoms. The highest BCUT2D eigenvalue weighted by Crippen LogP contribution is 2.23. The third-order valence-electron chi connectivity index (χ3n) is 2.48. The van der Waals surface area contributed by atoms with Gasteiger partial charge in [0, 0.05) is 23.5 Å². The van der Waals surface area contributed by atoms with Gasteiger partial charge in [0.15, 0.2) is 0 Å². The molecule has 6 nitrogen and oxygen atoms in total. The van der Waals surface area contributed by atoms with Crippen LogP contribution in [-0.4, -0.2) is 30.8 Å². The molecule has 1 fully saturated rings. The van der Waals surface area contributed by atoms with E-state index in [0.29, 0.717) is 19.6 Å². The fraction of sp³-hybridized carbons (Fsp3) is 0.909. The SMILES string of the molecule is CC(C)(C)OC(=O)C[C@H]1COCC[C@H]1N=[N+]=[N-]. The Bertz CT molecular complexity index is 318. The van der Waals surface area contributed by atoms with Gasteiger partial charge in [0.05, 0.1) is 13.0 Å². The second kappa shape index (κ2) is 5.89. The maximum atomic E-state index is 11.7. The number of azide groups is 1. The van der Waals surface area contributed by atoms with E-state index in [0.717, 1.165) is 0 Å². The monoisotopic (exact) mass is 241 g/mol. The molecule has 1 saturated heterocycles. The van der Waals surface area contributed by atoms with Crippen molar-refractivity contribution >= 4 is 5.97 Å². The van der Waals surface area contributed by atoms with E-state index in [4.69, 9.17) is 15.0 Å². The Morgan fingerprint density at radius 3 is 2.88 bits per heavy atom. The first-order valence-corrected chi connectivity index (χ1v) is 5.76. The van der Waals surface area contributed by atoms with Crippen molar-refractivity contribution in [1.82, 2.24) is 0 Å². The summed E-state index contributed by atoms with van der Waals surface area (Å²) < 4.78 is 10.5. The summed E-state index contributed by atoms with van der Waals surface area (Å²) in [5, 5.41) is 3.71. The maximum absolute atomic E-state index is 11.7. The molecule has 0 saturated carbocycles. The van der Waals surface area contributed by atoms with Gasteiger partial charge in [0.25, 0.3) is 0 Å². The Hall–Kier alpha value is -1.26. The van der Waals surface area contributed by atoms with Crippen LogP contribution in [0.15, 0.2) is 5.11 Å². The molecule has 0 N–H and O–H groups in total. The van der Waals surface area contributed by atoms with Crippen molar-refractivity contribution in [2.45, 2.75) is 45.3 Å². The smallest absolute Gasteiger partial charge is 0.306 e. The summed E-state index contributed by atoms with van der Waals surface area (Å²) in [5.74, 6) is -0.347. The van der Waals surface area contributed by atoms with Crippen molar-refractivity contribution in [2.75, 3.05) is 13.2 Å². The van der Waals surface area contributed by atoms with E-state index in [9.17, 15) is 4.79 Å². The average Bonchev–Trinajstić information content (AvgIpc) is 2.18. The maximum Gasteiger partial charge on any atom is 0.306 e. The van der Waals surface area contributed by atoms with Crippen molar-refractivity contribution in [2.24, 2.45) is 11.0 Å². The van der Waals surface area contributed by atoms with Crippen molar-refractivity contribution in [3.63, 3.8) is 0 Å². The molecule has 1 aliphatic rings. The average molecular weight is 241 g/mol.